The van der Waals surface area contributed by atoms with Gasteiger partial charge in [0.25, 0.3) is 0 Å². The molecule has 0 unspecified atom stereocenters. The second-order valence-corrected chi connectivity index (χ2v) is 8.19. The lowest BCUT2D eigenvalue weighted by molar-refractivity contribution is 0.394. The van der Waals surface area contributed by atoms with Crippen LogP contribution >= 0.6 is 0 Å². The monoisotopic (exact) mass is 429 g/mol. The molecule has 0 spiro atoms. The highest BCUT2D eigenvalue weighted by molar-refractivity contribution is 6.28. The van der Waals surface area contributed by atoms with Crippen molar-refractivity contribution in [2.45, 2.75) is 0 Å². The van der Waals surface area contributed by atoms with Gasteiger partial charge >= 0.3 is 0 Å². The van der Waals surface area contributed by atoms with E-state index in [-0.39, 0.29) is 0 Å². The first-order valence-electron chi connectivity index (χ1n) is 11.0. The lowest BCUT2D eigenvalue weighted by atomic mass is 10.00. The zero-order chi connectivity index (χ0) is 22.4. The van der Waals surface area contributed by atoms with Crippen LogP contribution in [0, 0.1) is 0 Å². The smallest absolute Gasteiger partial charge is 0.123 e. The van der Waals surface area contributed by atoms with Crippen LogP contribution in [-0.2, 0) is 0 Å². The molecule has 0 amide bonds. The lowest BCUT2D eigenvalue weighted by Crippen LogP contribution is -1.89. The van der Waals surface area contributed by atoms with E-state index in [1.807, 2.05) is 18.2 Å². The summed E-state index contributed by atoms with van der Waals surface area (Å²) >= 11 is 0. The minimum Gasteiger partial charge on any atom is -0.497 e. The van der Waals surface area contributed by atoms with Crippen molar-refractivity contribution in [2.75, 3.05) is 14.2 Å². The molecule has 0 aliphatic heterocycles. The van der Waals surface area contributed by atoms with Gasteiger partial charge in [-0.2, -0.15) is 0 Å². The average molecular weight is 430 g/mol. The van der Waals surface area contributed by atoms with E-state index in [2.05, 4.69) is 89.6 Å². The van der Waals surface area contributed by atoms with Gasteiger partial charge in [0.2, 0.25) is 0 Å². The predicted octanol–water partition coefficient (Wildman–Crippen LogP) is 7.75. The van der Waals surface area contributed by atoms with Crippen molar-refractivity contribution in [1.82, 2.24) is 4.57 Å². The van der Waals surface area contributed by atoms with Gasteiger partial charge in [0.05, 0.1) is 25.3 Å². The van der Waals surface area contributed by atoms with Crippen molar-refractivity contribution in [2.24, 2.45) is 0 Å². The molecule has 0 aliphatic carbocycles. The van der Waals surface area contributed by atoms with Gasteiger partial charge in [0, 0.05) is 23.0 Å². The lowest BCUT2D eigenvalue weighted by Gasteiger charge is -2.06. The van der Waals surface area contributed by atoms with Gasteiger partial charge in [-0.1, -0.05) is 60.7 Å². The SMILES string of the molecule is COc1cc(C=Cn2c3ccc4ccccc4c3c3c4ccccc4ccc32)cc(OC)c1. The van der Waals surface area contributed by atoms with Gasteiger partial charge in [-0.3, -0.25) is 0 Å². The Kier molecular flexibility index (Phi) is 4.55. The number of methoxy groups -OCH3 is 2. The van der Waals surface area contributed by atoms with Gasteiger partial charge < -0.3 is 14.0 Å². The quantitative estimate of drug-likeness (QED) is 0.286. The molecular formula is C30H23NO2. The average Bonchev–Trinajstić information content (AvgIpc) is 3.21. The van der Waals surface area contributed by atoms with Crippen LogP contribution in [0.5, 0.6) is 11.5 Å². The molecule has 0 aliphatic rings. The molecule has 0 saturated heterocycles. The van der Waals surface area contributed by atoms with Crippen LogP contribution < -0.4 is 9.47 Å². The minimum absolute atomic E-state index is 0.771. The molecule has 0 atom stereocenters. The number of rotatable bonds is 4. The molecule has 3 heteroatoms. The van der Waals surface area contributed by atoms with E-state index in [0.717, 1.165) is 17.1 Å². The third kappa shape index (κ3) is 3.13. The third-order valence-corrected chi connectivity index (χ3v) is 6.37. The summed E-state index contributed by atoms with van der Waals surface area (Å²) in [6.07, 6.45) is 4.25. The molecular weight excluding hydrogens is 406 g/mol. The van der Waals surface area contributed by atoms with E-state index < -0.39 is 0 Å². The van der Waals surface area contributed by atoms with Gasteiger partial charge in [-0.05, 0) is 57.4 Å². The number of nitrogens with zero attached hydrogens (tertiary/aromatic N) is 1. The Labute approximate surface area is 192 Å². The second kappa shape index (κ2) is 7.72. The Bertz CT molecular complexity index is 1580. The van der Waals surface area contributed by atoms with Crippen molar-refractivity contribution >= 4 is 55.6 Å². The molecule has 5 aromatic carbocycles. The van der Waals surface area contributed by atoms with Crippen molar-refractivity contribution in [1.29, 1.82) is 0 Å². The van der Waals surface area contributed by atoms with Crippen LogP contribution in [0.1, 0.15) is 5.56 Å². The highest BCUT2D eigenvalue weighted by atomic mass is 16.5. The van der Waals surface area contributed by atoms with Crippen LogP contribution in [0.15, 0.2) is 91.0 Å². The molecule has 1 aromatic heterocycles. The highest BCUT2D eigenvalue weighted by Crippen LogP contribution is 2.39. The minimum atomic E-state index is 0.771. The molecule has 0 fully saturated rings. The number of aromatic nitrogens is 1. The Morgan fingerprint density at radius 2 is 1.12 bits per heavy atom. The van der Waals surface area contributed by atoms with Gasteiger partial charge in [-0.25, -0.2) is 0 Å². The number of hydrogen-bond acceptors (Lipinski definition) is 2. The van der Waals surface area contributed by atoms with Gasteiger partial charge in [0.1, 0.15) is 11.5 Å². The first-order chi connectivity index (χ1) is 16.3. The first-order valence-corrected chi connectivity index (χ1v) is 11.0. The Balaban J connectivity index is 1.68. The summed E-state index contributed by atoms with van der Waals surface area (Å²) in [6, 6.07) is 32.0. The Morgan fingerprint density at radius 1 is 0.606 bits per heavy atom. The molecule has 33 heavy (non-hydrogen) atoms. The third-order valence-electron chi connectivity index (χ3n) is 6.37. The van der Waals surface area contributed by atoms with E-state index in [0.29, 0.717) is 0 Å². The molecule has 160 valence electrons. The van der Waals surface area contributed by atoms with Crippen molar-refractivity contribution in [3.05, 3.63) is 96.6 Å². The number of benzene rings is 5. The summed E-state index contributed by atoms with van der Waals surface area (Å²) in [4.78, 5) is 0. The zero-order valence-corrected chi connectivity index (χ0v) is 18.6. The summed E-state index contributed by atoms with van der Waals surface area (Å²) < 4.78 is 13.2. The van der Waals surface area contributed by atoms with Crippen LogP contribution in [-0.4, -0.2) is 18.8 Å². The van der Waals surface area contributed by atoms with E-state index in [1.54, 1.807) is 14.2 Å². The van der Waals surface area contributed by atoms with Crippen molar-refractivity contribution in [3.63, 3.8) is 0 Å². The van der Waals surface area contributed by atoms with Crippen molar-refractivity contribution in [3.8, 4) is 11.5 Å². The maximum Gasteiger partial charge on any atom is 0.123 e. The van der Waals surface area contributed by atoms with E-state index in [4.69, 9.17) is 9.47 Å². The maximum absolute atomic E-state index is 5.45. The molecule has 0 bridgehead atoms. The van der Waals surface area contributed by atoms with E-state index in [1.165, 1.54) is 43.4 Å². The molecule has 0 radical (unpaired) electrons. The standard InChI is InChI=1S/C30H23NO2/c1-32-23-17-20(18-24(19-23)33-2)15-16-31-27-13-11-21-7-3-5-9-25(21)29(27)30-26-10-6-4-8-22(26)12-14-28(30)31/h3-19H,1-2H3. The summed E-state index contributed by atoms with van der Waals surface area (Å²) in [6.45, 7) is 0. The molecule has 6 aromatic rings. The molecule has 0 saturated carbocycles. The summed E-state index contributed by atoms with van der Waals surface area (Å²) in [5.41, 5.74) is 3.39. The fourth-order valence-corrected chi connectivity index (χ4v) is 4.82. The normalized spacial score (nSPS) is 11.8. The Hall–Kier alpha value is -4.24. The molecule has 3 nitrogen and oxygen atoms in total. The zero-order valence-electron chi connectivity index (χ0n) is 18.6. The highest BCUT2D eigenvalue weighted by Gasteiger charge is 2.14. The number of hydrogen-bond donors (Lipinski definition) is 0. The van der Waals surface area contributed by atoms with E-state index >= 15 is 0 Å². The van der Waals surface area contributed by atoms with Gasteiger partial charge in [0.15, 0.2) is 0 Å². The topological polar surface area (TPSA) is 23.4 Å². The Morgan fingerprint density at radius 3 is 1.64 bits per heavy atom. The molecule has 0 N–H and O–H groups in total. The van der Waals surface area contributed by atoms with E-state index in [9.17, 15) is 0 Å². The first kappa shape index (κ1) is 19.4. The summed E-state index contributed by atoms with van der Waals surface area (Å²) in [5.74, 6) is 1.54. The summed E-state index contributed by atoms with van der Waals surface area (Å²) in [5, 5.41) is 7.61. The largest absolute Gasteiger partial charge is 0.497 e. The molecule has 6 rings (SSSR count). The van der Waals surface area contributed by atoms with Crippen LogP contribution in [0.3, 0.4) is 0 Å². The van der Waals surface area contributed by atoms with Crippen LogP contribution in [0.4, 0.5) is 0 Å². The summed E-state index contributed by atoms with van der Waals surface area (Å²) in [7, 11) is 3.34. The second-order valence-electron chi connectivity index (χ2n) is 8.19. The van der Waals surface area contributed by atoms with Crippen molar-refractivity contribution < 1.29 is 9.47 Å². The fourth-order valence-electron chi connectivity index (χ4n) is 4.82. The van der Waals surface area contributed by atoms with Gasteiger partial charge in [-0.15, -0.1) is 0 Å². The van der Waals surface area contributed by atoms with Crippen LogP contribution in [0.2, 0.25) is 0 Å². The number of ether oxygens (including phenoxy) is 2. The van der Waals surface area contributed by atoms with Crippen LogP contribution in [0.25, 0.3) is 55.6 Å². The molecule has 1 heterocycles. The maximum atomic E-state index is 5.45. The fraction of sp³-hybridized carbons (Fsp3) is 0.0667. The number of fused-ring (bicyclic) bond motifs is 7. The predicted molar refractivity (Wildman–Crippen MR) is 139 cm³/mol.